The molecule has 8 heteroatoms. The Balaban J connectivity index is 2.65. The monoisotopic (exact) mass is 419 g/mol. The highest BCUT2D eigenvalue weighted by Crippen LogP contribution is 2.30. The van der Waals surface area contributed by atoms with Crippen molar-refractivity contribution >= 4 is 29.7 Å². The van der Waals surface area contributed by atoms with Gasteiger partial charge in [-0.2, -0.15) is 0 Å². The van der Waals surface area contributed by atoms with Crippen LogP contribution < -0.4 is 10.6 Å². The van der Waals surface area contributed by atoms with Crippen LogP contribution in [0.1, 0.15) is 37.2 Å². The molecule has 0 atom stereocenters. The summed E-state index contributed by atoms with van der Waals surface area (Å²) >= 11 is 6.19. The average molecular weight is 420 g/mol. The Hall–Kier alpha value is -2.38. The van der Waals surface area contributed by atoms with Crippen LogP contribution in [0.15, 0.2) is 24.3 Å². The van der Waals surface area contributed by atoms with Gasteiger partial charge in [-0.1, -0.05) is 37.6 Å². The SMILES string of the molecule is CC(C)CCn1c(-c2cccc(Cl)c2)nc(N(C)C=O)c1C(=O)N(C)CCCN. The number of aromatic nitrogens is 2. The number of imidazole rings is 1. The fourth-order valence-corrected chi connectivity index (χ4v) is 3.20. The van der Waals surface area contributed by atoms with Crippen molar-refractivity contribution in [1.82, 2.24) is 14.5 Å². The molecule has 0 aliphatic carbocycles. The Bertz CT molecular complexity index is 850. The molecular formula is C21H30ClN5O2. The van der Waals surface area contributed by atoms with E-state index in [4.69, 9.17) is 17.3 Å². The molecule has 0 radical (unpaired) electrons. The number of carbonyl (C=O) groups is 2. The van der Waals surface area contributed by atoms with E-state index in [1.165, 1.54) is 4.90 Å². The van der Waals surface area contributed by atoms with E-state index in [2.05, 4.69) is 18.8 Å². The lowest BCUT2D eigenvalue weighted by Gasteiger charge is -2.21. The quantitative estimate of drug-likeness (QED) is 0.599. The highest BCUT2D eigenvalue weighted by atomic mass is 35.5. The molecule has 0 fully saturated rings. The highest BCUT2D eigenvalue weighted by Gasteiger charge is 2.28. The Morgan fingerprint density at radius 3 is 2.66 bits per heavy atom. The third-order valence-electron chi connectivity index (χ3n) is 4.70. The Morgan fingerprint density at radius 1 is 1.34 bits per heavy atom. The minimum atomic E-state index is -0.188. The molecule has 0 saturated heterocycles. The molecule has 0 saturated carbocycles. The van der Waals surface area contributed by atoms with E-state index >= 15 is 0 Å². The van der Waals surface area contributed by atoms with Gasteiger partial charge in [0.2, 0.25) is 6.41 Å². The molecule has 0 aliphatic heterocycles. The number of nitrogens with two attached hydrogens (primary N) is 1. The molecule has 7 nitrogen and oxygen atoms in total. The van der Waals surface area contributed by atoms with Crippen LogP contribution in [0.2, 0.25) is 5.02 Å². The predicted octanol–water partition coefficient (Wildman–Crippen LogP) is 3.26. The van der Waals surface area contributed by atoms with Gasteiger partial charge in [0, 0.05) is 37.8 Å². The lowest BCUT2D eigenvalue weighted by molar-refractivity contribution is -0.107. The second-order valence-electron chi connectivity index (χ2n) is 7.54. The van der Waals surface area contributed by atoms with Crippen LogP contribution in [0.25, 0.3) is 11.4 Å². The van der Waals surface area contributed by atoms with Crippen molar-refractivity contribution < 1.29 is 9.59 Å². The van der Waals surface area contributed by atoms with Crippen LogP contribution in [0.3, 0.4) is 0 Å². The fourth-order valence-electron chi connectivity index (χ4n) is 3.01. The summed E-state index contributed by atoms with van der Waals surface area (Å²) in [5, 5.41) is 0.583. The summed E-state index contributed by atoms with van der Waals surface area (Å²) in [6, 6.07) is 7.35. The molecule has 0 spiro atoms. The minimum absolute atomic E-state index is 0.188. The number of rotatable bonds is 10. The predicted molar refractivity (Wildman–Crippen MR) is 117 cm³/mol. The maximum atomic E-state index is 13.3. The van der Waals surface area contributed by atoms with Gasteiger partial charge in [0.15, 0.2) is 11.5 Å². The number of nitrogens with zero attached hydrogens (tertiary/aromatic N) is 4. The summed E-state index contributed by atoms with van der Waals surface area (Å²) in [6.45, 7) is 5.89. The van der Waals surface area contributed by atoms with E-state index in [9.17, 15) is 9.59 Å². The first-order valence-electron chi connectivity index (χ1n) is 9.80. The summed E-state index contributed by atoms with van der Waals surface area (Å²) in [5.74, 6) is 1.21. The standard InChI is InChI=1S/C21H30ClN5O2/c1-15(2)9-12-27-18(21(29)25(3)11-6-10-23)20(26(4)14-28)24-19(27)16-7-5-8-17(22)13-16/h5,7-8,13-15H,6,9-12,23H2,1-4H3. The Morgan fingerprint density at radius 2 is 2.07 bits per heavy atom. The lowest BCUT2D eigenvalue weighted by Crippen LogP contribution is -2.32. The fraction of sp³-hybridized carbons (Fsp3) is 0.476. The number of carbonyl (C=O) groups excluding carboxylic acids is 2. The third kappa shape index (κ3) is 5.58. The maximum Gasteiger partial charge on any atom is 0.274 e. The van der Waals surface area contributed by atoms with Gasteiger partial charge >= 0.3 is 0 Å². The second kappa shape index (κ2) is 10.4. The van der Waals surface area contributed by atoms with Crippen LogP contribution >= 0.6 is 11.6 Å². The first-order chi connectivity index (χ1) is 13.8. The summed E-state index contributed by atoms with van der Waals surface area (Å²) < 4.78 is 1.91. The molecule has 2 aromatic rings. The molecule has 29 heavy (non-hydrogen) atoms. The number of anilines is 1. The molecule has 0 bridgehead atoms. The van der Waals surface area contributed by atoms with E-state index in [1.54, 1.807) is 25.1 Å². The topological polar surface area (TPSA) is 84.5 Å². The maximum absolute atomic E-state index is 13.3. The molecule has 2 N–H and O–H groups in total. The summed E-state index contributed by atoms with van der Waals surface area (Å²) in [7, 11) is 3.34. The van der Waals surface area contributed by atoms with Crippen molar-refractivity contribution in [1.29, 1.82) is 0 Å². The van der Waals surface area contributed by atoms with Crippen molar-refractivity contribution in [3.63, 3.8) is 0 Å². The minimum Gasteiger partial charge on any atom is -0.340 e. The van der Waals surface area contributed by atoms with Crippen LogP contribution in [-0.4, -0.2) is 54.0 Å². The third-order valence-corrected chi connectivity index (χ3v) is 4.94. The number of amides is 2. The van der Waals surface area contributed by atoms with Crippen LogP contribution in [0.4, 0.5) is 5.82 Å². The van der Waals surface area contributed by atoms with Crippen molar-refractivity contribution in [2.75, 3.05) is 32.1 Å². The first kappa shape index (κ1) is 22.9. The molecule has 0 aliphatic rings. The van der Waals surface area contributed by atoms with Crippen LogP contribution in [0.5, 0.6) is 0 Å². The van der Waals surface area contributed by atoms with Crippen LogP contribution in [-0.2, 0) is 11.3 Å². The normalized spacial score (nSPS) is 11.0. The van der Waals surface area contributed by atoms with Gasteiger partial charge < -0.3 is 20.1 Å². The van der Waals surface area contributed by atoms with Crippen molar-refractivity contribution in [3.05, 3.63) is 35.0 Å². The number of hydrogen-bond acceptors (Lipinski definition) is 4. The highest BCUT2D eigenvalue weighted by molar-refractivity contribution is 6.30. The van der Waals surface area contributed by atoms with E-state index in [1.807, 2.05) is 22.8 Å². The van der Waals surface area contributed by atoms with Gasteiger partial charge in [-0.3, -0.25) is 9.59 Å². The van der Waals surface area contributed by atoms with Crippen molar-refractivity contribution in [2.24, 2.45) is 11.7 Å². The van der Waals surface area contributed by atoms with Gasteiger partial charge in [-0.25, -0.2) is 4.98 Å². The zero-order valence-corrected chi connectivity index (χ0v) is 18.3. The van der Waals surface area contributed by atoms with E-state index < -0.39 is 0 Å². The number of benzene rings is 1. The van der Waals surface area contributed by atoms with Crippen molar-refractivity contribution in [2.45, 2.75) is 33.2 Å². The van der Waals surface area contributed by atoms with Gasteiger partial charge in [0.1, 0.15) is 5.82 Å². The zero-order valence-electron chi connectivity index (χ0n) is 17.6. The van der Waals surface area contributed by atoms with E-state index in [0.717, 1.165) is 12.0 Å². The number of halogens is 1. The molecule has 0 unspecified atom stereocenters. The first-order valence-corrected chi connectivity index (χ1v) is 10.2. The average Bonchev–Trinajstić information content (AvgIpc) is 3.08. The Labute approximate surface area is 177 Å². The zero-order chi connectivity index (χ0) is 21.6. The van der Waals surface area contributed by atoms with Gasteiger partial charge in [-0.05, 0) is 37.4 Å². The molecule has 1 heterocycles. The second-order valence-corrected chi connectivity index (χ2v) is 7.97. The molecule has 2 amide bonds. The molecule has 158 valence electrons. The Kier molecular flexibility index (Phi) is 8.22. The van der Waals surface area contributed by atoms with E-state index in [0.29, 0.717) is 60.7 Å². The summed E-state index contributed by atoms with van der Waals surface area (Å²) in [4.78, 5) is 32.5. The van der Waals surface area contributed by atoms with Crippen LogP contribution in [0, 0.1) is 5.92 Å². The smallest absolute Gasteiger partial charge is 0.274 e. The van der Waals surface area contributed by atoms with Gasteiger partial charge in [-0.15, -0.1) is 0 Å². The molecule has 2 rings (SSSR count). The summed E-state index contributed by atoms with van der Waals surface area (Å²) in [5.41, 5.74) is 6.79. The van der Waals surface area contributed by atoms with E-state index in [-0.39, 0.29) is 5.91 Å². The molecule has 1 aromatic carbocycles. The molecular weight excluding hydrogens is 390 g/mol. The van der Waals surface area contributed by atoms with Gasteiger partial charge in [0.25, 0.3) is 5.91 Å². The summed E-state index contributed by atoms with van der Waals surface area (Å²) in [6.07, 6.45) is 2.22. The largest absolute Gasteiger partial charge is 0.340 e. The van der Waals surface area contributed by atoms with Crippen molar-refractivity contribution in [3.8, 4) is 11.4 Å². The number of hydrogen-bond donors (Lipinski definition) is 1. The molecule has 1 aromatic heterocycles. The lowest BCUT2D eigenvalue weighted by atomic mass is 10.1. The van der Waals surface area contributed by atoms with Gasteiger partial charge in [0.05, 0.1) is 0 Å².